The molecule has 0 aliphatic rings. The highest BCUT2D eigenvalue weighted by Gasteiger charge is 2.03. The van der Waals surface area contributed by atoms with Gasteiger partial charge in [0, 0.05) is 6.54 Å². The van der Waals surface area contributed by atoms with Crippen molar-refractivity contribution in [3.05, 3.63) is 59.9 Å². The summed E-state index contributed by atoms with van der Waals surface area (Å²) in [6, 6.07) is 13.3. The molecule has 0 spiro atoms. The van der Waals surface area contributed by atoms with E-state index in [1.807, 2.05) is 6.92 Å². The molecule has 2 aromatic rings. The quantitative estimate of drug-likeness (QED) is 0.730. The first-order chi connectivity index (χ1) is 11.7. The number of rotatable bonds is 8. The lowest BCUT2D eigenvalue weighted by Gasteiger charge is -2.10. The second-order valence-electron chi connectivity index (χ2n) is 4.97. The molecule has 128 valence electrons. The number of amides is 2. The van der Waals surface area contributed by atoms with Crippen LogP contribution in [0.1, 0.15) is 12.5 Å². The van der Waals surface area contributed by atoms with Crippen molar-refractivity contribution in [2.75, 3.05) is 19.9 Å². The summed E-state index contributed by atoms with van der Waals surface area (Å²) >= 11 is 0. The van der Waals surface area contributed by atoms with Crippen LogP contribution in [0.15, 0.2) is 48.5 Å². The summed E-state index contributed by atoms with van der Waals surface area (Å²) in [5, 5.41) is 5.23. The van der Waals surface area contributed by atoms with Gasteiger partial charge in [0.1, 0.15) is 17.3 Å². The third-order valence-electron chi connectivity index (χ3n) is 3.24. The fourth-order valence-electron chi connectivity index (χ4n) is 2.06. The molecule has 0 atom stereocenters. The molecular formula is C18H21FN2O3. The van der Waals surface area contributed by atoms with Gasteiger partial charge in [0.2, 0.25) is 0 Å². The molecule has 0 aliphatic carbocycles. The highest BCUT2D eigenvalue weighted by atomic mass is 19.1. The molecule has 0 aliphatic heterocycles. The molecule has 2 aromatic carbocycles. The Morgan fingerprint density at radius 2 is 1.67 bits per heavy atom. The van der Waals surface area contributed by atoms with Gasteiger partial charge in [-0.3, -0.25) is 0 Å². The first-order valence-electron chi connectivity index (χ1n) is 7.80. The fraction of sp³-hybridized carbons (Fsp3) is 0.278. The third-order valence-corrected chi connectivity index (χ3v) is 3.24. The Morgan fingerprint density at radius 3 is 2.33 bits per heavy atom. The van der Waals surface area contributed by atoms with Gasteiger partial charge in [0.05, 0.1) is 6.61 Å². The predicted octanol–water partition coefficient (Wildman–Crippen LogP) is 3.10. The molecule has 0 bridgehead atoms. The van der Waals surface area contributed by atoms with E-state index in [0.717, 1.165) is 5.75 Å². The van der Waals surface area contributed by atoms with Gasteiger partial charge in [-0.2, -0.15) is 0 Å². The smallest absolute Gasteiger partial charge is 0.317 e. The van der Waals surface area contributed by atoms with Crippen LogP contribution in [-0.4, -0.2) is 25.9 Å². The number of nitrogens with one attached hydrogen (secondary N) is 2. The Morgan fingerprint density at radius 1 is 1.00 bits per heavy atom. The van der Waals surface area contributed by atoms with Gasteiger partial charge in [-0.25, -0.2) is 9.18 Å². The van der Waals surface area contributed by atoms with Crippen LogP contribution in [0.3, 0.4) is 0 Å². The first kappa shape index (κ1) is 17.6. The van der Waals surface area contributed by atoms with Crippen LogP contribution < -0.4 is 20.1 Å². The molecule has 0 aromatic heterocycles. The molecule has 2 rings (SSSR count). The maximum absolute atomic E-state index is 13.4. The molecule has 6 heteroatoms. The van der Waals surface area contributed by atoms with Gasteiger partial charge >= 0.3 is 6.03 Å². The van der Waals surface area contributed by atoms with E-state index in [0.29, 0.717) is 30.9 Å². The minimum absolute atomic E-state index is 0.0412. The number of urea groups is 1. The summed E-state index contributed by atoms with van der Waals surface area (Å²) in [6.07, 6.45) is 0.430. The Hall–Kier alpha value is -2.76. The number of hydrogen-bond acceptors (Lipinski definition) is 3. The summed E-state index contributed by atoms with van der Waals surface area (Å²) in [7, 11) is 0. The zero-order valence-electron chi connectivity index (χ0n) is 13.5. The van der Waals surface area contributed by atoms with E-state index in [1.54, 1.807) is 42.5 Å². The lowest BCUT2D eigenvalue weighted by Crippen LogP contribution is -2.38. The normalized spacial score (nSPS) is 10.1. The Labute approximate surface area is 140 Å². The molecule has 0 heterocycles. The van der Waals surface area contributed by atoms with Crippen LogP contribution >= 0.6 is 0 Å². The summed E-state index contributed by atoms with van der Waals surface area (Å²) in [5.41, 5.74) is 0.573. The van der Waals surface area contributed by atoms with Crippen LogP contribution in [0.5, 0.6) is 11.5 Å². The van der Waals surface area contributed by atoms with E-state index < -0.39 is 0 Å². The molecule has 2 N–H and O–H groups in total. The minimum atomic E-state index is -0.364. The van der Waals surface area contributed by atoms with Gasteiger partial charge in [0.15, 0.2) is 6.73 Å². The van der Waals surface area contributed by atoms with E-state index in [9.17, 15) is 9.18 Å². The molecule has 0 saturated heterocycles. The monoisotopic (exact) mass is 332 g/mol. The van der Waals surface area contributed by atoms with Crippen LogP contribution in [0.25, 0.3) is 0 Å². The summed E-state index contributed by atoms with van der Waals surface area (Å²) in [4.78, 5) is 11.6. The highest BCUT2D eigenvalue weighted by molar-refractivity contribution is 5.73. The molecular weight excluding hydrogens is 311 g/mol. The Balaban J connectivity index is 1.63. The number of carbonyl (C=O) groups is 1. The summed E-state index contributed by atoms with van der Waals surface area (Å²) < 4.78 is 24.2. The van der Waals surface area contributed by atoms with E-state index in [-0.39, 0.29) is 18.6 Å². The first-order valence-corrected chi connectivity index (χ1v) is 7.80. The number of halogens is 1. The van der Waals surface area contributed by atoms with Crippen molar-refractivity contribution in [1.29, 1.82) is 0 Å². The van der Waals surface area contributed by atoms with Crippen molar-refractivity contribution < 1.29 is 18.7 Å². The van der Waals surface area contributed by atoms with Crippen molar-refractivity contribution in [2.24, 2.45) is 0 Å². The van der Waals surface area contributed by atoms with E-state index in [4.69, 9.17) is 9.47 Å². The molecule has 0 saturated carbocycles. The molecule has 2 amide bonds. The average Bonchev–Trinajstić information content (AvgIpc) is 2.58. The van der Waals surface area contributed by atoms with Crippen molar-refractivity contribution in [1.82, 2.24) is 10.6 Å². The van der Waals surface area contributed by atoms with Crippen molar-refractivity contribution in [3.63, 3.8) is 0 Å². The predicted molar refractivity (Wildman–Crippen MR) is 89.7 cm³/mol. The summed E-state index contributed by atoms with van der Waals surface area (Å²) in [5.74, 6) is 1.13. The van der Waals surface area contributed by atoms with Gasteiger partial charge in [-0.1, -0.05) is 18.2 Å². The lowest BCUT2D eigenvalue weighted by atomic mass is 10.1. The zero-order valence-corrected chi connectivity index (χ0v) is 13.5. The van der Waals surface area contributed by atoms with E-state index in [2.05, 4.69) is 10.6 Å². The van der Waals surface area contributed by atoms with Gasteiger partial charge < -0.3 is 20.1 Å². The highest BCUT2D eigenvalue weighted by Crippen LogP contribution is 2.17. The van der Waals surface area contributed by atoms with Crippen LogP contribution in [0.2, 0.25) is 0 Å². The van der Waals surface area contributed by atoms with Gasteiger partial charge in [0.25, 0.3) is 0 Å². The minimum Gasteiger partial charge on any atom is -0.494 e. The Bertz CT molecular complexity index is 647. The van der Waals surface area contributed by atoms with Crippen molar-refractivity contribution in [2.45, 2.75) is 13.3 Å². The standard InChI is InChI=1S/C18H21FN2O3/c1-2-23-15-7-9-16(10-8-15)24-13-21-18(22)20-12-11-14-5-3-4-6-17(14)19/h3-10H,2,11-13H2,1H3,(H2,20,21,22). The second kappa shape index (κ2) is 9.39. The zero-order chi connectivity index (χ0) is 17.2. The summed E-state index contributed by atoms with van der Waals surface area (Å²) in [6.45, 7) is 2.91. The topological polar surface area (TPSA) is 59.6 Å². The number of ether oxygens (including phenoxy) is 2. The van der Waals surface area contributed by atoms with Gasteiger partial charge in [-0.05, 0) is 49.2 Å². The van der Waals surface area contributed by atoms with Crippen LogP contribution in [0.4, 0.5) is 9.18 Å². The number of benzene rings is 2. The molecule has 5 nitrogen and oxygen atoms in total. The fourth-order valence-corrected chi connectivity index (χ4v) is 2.06. The maximum atomic E-state index is 13.4. The molecule has 0 fully saturated rings. The molecule has 24 heavy (non-hydrogen) atoms. The van der Waals surface area contributed by atoms with E-state index >= 15 is 0 Å². The van der Waals surface area contributed by atoms with Crippen molar-refractivity contribution >= 4 is 6.03 Å². The maximum Gasteiger partial charge on any atom is 0.317 e. The van der Waals surface area contributed by atoms with Crippen LogP contribution in [0, 0.1) is 5.82 Å². The molecule has 0 unspecified atom stereocenters. The average molecular weight is 332 g/mol. The Kier molecular flexibility index (Phi) is 6.89. The van der Waals surface area contributed by atoms with Gasteiger partial charge in [-0.15, -0.1) is 0 Å². The second-order valence-corrected chi connectivity index (χ2v) is 4.97. The van der Waals surface area contributed by atoms with E-state index in [1.165, 1.54) is 6.07 Å². The number of hydrogen-bond donors (Lipinski definition) is 2. The molecule has 0 radical (unpaired) electrons. The third kappa shape index (κ3) is 5.79. The van der Waals surface area contributed by atoms with Crippen molar-refractivity contribution in [3.8, 4) is 11.5 Å². The number of carbonyl (C=O) groups excluding carboxylic acids is 1. The SMILES string of the molecule is CCOc1ccc(OCNC(=O)NCCc2ccccc2F)cc1. The van der Waals surface area contributed by atoms with Crippen LogP contribution in [-0.2, 0) is 6.42 Å². The lowest BCUT2D eigenvalue weighted by molar-refractivity contribution is 0.224. The largest absolute Gasteiger partial charge is 0.494 e.